The molecule has 0 bridgehead atoms. The van der Waals surface area contributed by atoms with Gasteiger partial charge in [-0.1, -0.05) is 37.3 Å². The Kier molecular flexibility index (Phi) is 5.08. The second-order valence-electron chi connectivity index (χ2n) is 6.32. The molecule has 0 unspecified atom stereocenters. The Bertz CT molecular complexity index is 890. The Balaban J connectivity index is 1.74. The van der Waals surface area contributed by atoms with Crippen molar-refractivity contribution in [2.24, 2.45) is 0 Å². The van der Waals surface area contributed by atoms with Crippen LogP contribution in [0.2, 0.25) is 0 Å². The molecule has 1 N–H and O–H groups in total. The molecule has 3 rings (SSSR count). The Morgan fingerprint density at radius 2 is 1.68 bits per heavy atom. The summed E-state index contributed by atoms with van der Waals surface area (Å²) in [6.45, 7) is 6.63. The Morgan fingerprint density at radius 3 is 2.36 bits per heavy atom. The molecule has 0 fully saturated rings. The van der Waals surface area contributed by atoms with Crippen molar-refractivity contribution in [2.75, 3.05) is 6.54 Å². The maximum absolute atomic E-state index is 12.5. The quantitative estimate of drug-likeness (QED) is 0.762. The van der Waals surface area contributed by atoms with Gasteiger partial charge < -0.3 is 5.32 Å². The van der Waals surface area contributed by atoms with E-state index >= 15 is 0 Å². The lowest BCUT2D eigenvalue weighted by Gasteiger charge is -2.16. The van der Waals surface area contributed by atoms with E-state index in [0.717, 1.165) is 28.8 Å². The number of aromatic nitrogens is 2. The zero-order chi connectivity index (χ0) is 17.8. The predicted molar refractivity (Wildman–Crippen MR) is 101 cm³/mol. The van der Waals surface area contributed by atoms with E-state index in [0.29, 0.717) is 18.0 Å². The lowest BCUT2D eigenvalue weighted by Crippen LogP contribution is -2.28. The summed E-state index contributed by atoms with van der Waals surface area (Å²) in [6.07, 6.45) is 0.978. The van der Waals surface area contributed by atoms with Crippen molar-refractivity contribution in [3.05, 3.63) is 71.0 Å². The number of aryl methyl sites for hydroxylation is 2. The molecule has 1 heterocycles. The number of hydrogen-bond acceptors (Lipinski definition) is 3. The third-order valence-corrected chi connectivity index (χ3v) is 4.61. The molecule has 0 saturated carbocycles. The minimum absolute atomic E-state index is 0.0729. The first kappa shape index (κ1) is 17.1. The summed E-state index contributed by atoms with van der Waals surface area (Å²) in [6, 6.07) is 15.8. The molecular weight excluding hydrogens is 310 g/mol. The van der Waals surface area contributed by atoms with Crippen LogP contribution in [0.15, 0.2) is 48.5 Å². The van der Waals surface area contributed by atoms with Gasteiger partial charge in [-0.3, -0.25) is 4.79 Å². The highest BCUT2D eigenvalue weighted by molar-refractivity contribution is 5.97. The van der Waals surface area contributed by atoms with Crippen molar-refractivity contribution in [3.8, 4) is 0 Å². The van der Waals surface area contributed by atoms with Crippen molar-refractivity contribution in [3.63, 3.8) is 0 Å². The van der Waals surface area contributed by atoms with Crippen LogP contribution >= 0.6 is 0 Å². The van der Waals surface area contributed by atoms with Gasteiger partial charge in [0.05, 0.1) is 22.4 Å². The van der Waals surface area contributed by atoms with Gasteiger partial charge in [0.1, 0.15) is 0 Å². The number of carbonyl (C=O) groups excluding carboxylic acids is 1. The van der Waals surface area contributed by atoms with E-state index in [1.165, 1.54) is 5.56 Å². The van der Waals surface area contributed by atoms with Crippen LogP contribution in [0.1, 0.15) is 46.6 Å². The second-order valence-corrected chi connectivity index (χ2v) is 6.32. The maximum atomic E-state index is 12.5. The van der Waals surface area contributed by atoms with Crippen LogP contribution in [0.3, 0.4) is 0 Å². The molecule has 0 radical (unpaired) electrons. The summed E-state index contributed by atoms with van der Waals surface area (Å²) in [7, 11) is 0. The van der Waals surface area contributed by atoms with E-state index < -0.39 is 0 Å². The number of carbonyl (C=O) groups is 1. The third kappa shape index (κ3) is 3.85. The summed E-state index contributed by atoms with van der Waals surface area (Å²) in [5.74, 6) is 0.242. The van der Waals surface area contributed by atoms with Gasteiger partial charge in [-0.15, -0.1) is 0 Å². The normalized spacial score (nSPS) is 12.1. The molecule has 0 spiro atoms. The number of hydrogen-bond donors (Lipinski definition) is 1. The molecular formula is C21H23N3O. The largest absolute Gasteiger partial charge is 0.351 e. The van der Waals surface area contributed by atoms with Gasteiger partial charge >= 0.3 is 0 Å². The van der Waals surface area contributed by atoms with Crippen LogP contribution in [0.5, 0.6) is 0 Å². The lowest BCUT2D eigenvalue weighted by atomic mass is 9.96. The number of nitrogens with one attached hydrogen (secondary N) is 1. The third-order valence-electron chi connectivity index (χ3n) is 4.61. The van der Waals surface area contributed by atoms with E-state index in [4.69, 9.17) is 0 Å². The SMILES string of the molecule is CC[C@H](CNC(=O)c1ccc2nc(C)c(C)nc2c1)c1ccccc1. The number of amides is 1. The summed E-state index contributed by atoms with van der Waals surface area (Å²) >= 11 is 0. The van der Waals surface area contributed by atoms with Crippen LogP contribution in [0, 0.1) is 13.8 Å². The minimum atomic E-state index is -0.0729. The average molecular weight is 333 g/mol. The van der Waals surface area contributed by atoms with Gasteiger partial charge in [0.25, 0.3) is 5.91 Å². The number of rotatable bonds is 5. The first-order valence-corrected chi connectivity index (χ1v) is 8.66. The molecule has 3 aromatic rings. The van der Waals surface area contributed by atoms with Crippen LogP contribution in [-0.4, -0.2) is 22.4 Å². The van der Waals surface area contributed by atoms with Crippen molar-refractivity contribution in [1.29, 1.82) is 0 Å². The summed E-state index contributed by atoms with van der Waals surface area (Å²) in [4.78, 5) is 21.6. The van der Waals surface area contributed by atoms with Gasteiger partial charge in [-0.2, -0.15) is 0 Å². The fourth-order valence-electron chi connectivity index (χ4n) is 2.91. The number of nitrogens with zero attached hydrogens (tertiary/aromatic N) is 2. The van der Waals surface area contributed by atoms with Crippen molar-refractivity contribution in [2.45, 2.75) is 33.1 Å². The van der Waals surface area contributed by atoms with Crippen LogP contribution in [0.4, 0.5) is 0 Å². The molecule has 0 aliphatic heterocycles. The van der Waals surface area contributed by atoms with Crippen LogP contribution < -0.4 is 5.32 Å². The maximum Gasteiger partial charge on any atom is 0.251 e. The Hall–Kier alpha value is -2.75. The topological polar surface area (TPSA) is 54.9 Å². The van der Waals surface area contributed by atoms with Crippen molar-refractivity contribution >= 4 is 16.9 Å². The van der Waals surface area contributed by atoms with E-state index in [2.05, 4.69) is 34.3 Å². The minimum Gasteiger partial charge on any atom is -0.351 e. The van der Waals surface area contributed by atoms with Gasteiger partial charge in [0.15, 0.2) is 0 Å². The van der Waals surface area contributed by atoms with Crippen LogP contribution in [0.25, 0.3) is 11.0 Å². The van der Waals surface area contributed by atoms with Gasteiger partial charge in [-0.25, -0.2) is 9.97 Å². The lowest BCUT2D eigenvalue weighted by molar-refractivity contribution is 0.0951. The van der Waals surface area contributed by atoms with E-state index in [1.807, 2.05) is 50.2 Å². The van der Waals surface area contributed by atoms with Crippen LogP contribution in [-0.2, 0) is 0 Å². The molecule has 0 aliphatic rings. The molecule has 2 aromatic carbocycles. The molecule has 0 aliphatic carbocycles. The van der Waals surface area contributed by atoms with E-state index in [9.17, 15) is 4.79 Å². The molecule has 128 valence electrons. The molecule has 1 atom stereocenters. The van der Waals surface area contributed by atoms with Gasteiger partial charge in [0.2, 0.25) is 0 Å². The molecule has 1 aromatic heterocycles. The highest BCUT2D eigenvalue weighted by atomic mass is 16.1. The predicted octanol–water partition coefficient (Wildman–Crippen LogP) is 4.17. The van der Waals surface area contributed by atoms with E-state index in [1.54, 1.807) is 0 Å². The summed E-state index contributed by atoms with van der Waals surface area (Å²) < 4.78 is 0. The Morgan fingerprint density at radius 1 is 1.00 bits per heavy atom. The molecule has 4 nitrogen and oxygen atoms in total. The molecule has 25 heavy (non-hydrogen) atoms. The smallest absolute Gasteiger partial charge is 0.251 e. The van der Waals surface area contributed by atoms with Crippen molar-refractivity contribution < 1.29 is 4.79 Å². The average Bonchev–Trinajstić information content (AvgIpc) is 2.63. The van der Waals surface area contributed by atoms with Crippen molar-refractivity contribution in [1.82, 2.24) is 15.3 Å². The number of benzene rings is 2. The number of fused-ring (bicyclic) bond motifs is 1. The highest BCUT2D eigenvalue weighted by Gasteiger charge is 2.13. The fraction of sp³-hybridized carbons (Fsp3) is 0.286. The first-order chi connectivity index (χ1) is 12.1. The zero-order valence-corrected chi connectivity index (χ0v) is 14.9. The second kappa shape index (κ2) is 7.43. The van der Waals surface area contributed by atoms with Gasteiger partial charge in [0, 0.05) is 18.0 Å². The molecule has 4 heteroatoms. The first-order valence-electron chi connectivity index (χ1n) is 8.66. The standard InChI is InChI=1S/C21H23N3O/c1-4-16(17-8-6-5-7-9-17)13-22-21(25)18-10-11-19-20(12-18)24-15(3)14(2)23-19/h5-12,16H,4,13H2,1-3H3,(H,22,25)/t16-/m1/s1. The molecule has 1 amide bonds. The zero-order valence-electron chi connectivity index (χ0n) is 14.9. The Labute approximate surface area is 148 Å². The molecule has 0 saturated heterocycles. The van der Waals surface area contributed by atoms with Gasteiger partial charge in [-0.05, 0) is 44.0 Å². The summed E-state index contributed by atoms with van der Waals surface area (Å²) in [5.41, 5.74) is 5.24. The summed E-state index contributed by atoms with van der Waals surface area (Å²) in [5, 5.41) is 3.05. The van der Waals surface area contributed by atoms with E-state index in [-0.39, 0.29) is 5.91 Å². The monoisotopic (exact) mass is 333 g/mol. The fourth-order valence-corrected chi connectivity index (χ4v) is 2.91. The highest BCUT2D eigenvalue weighted by Crippen LogP contribution is 2.19.